The van der Waals surface area contributed by atoms with Crippen LogP contribution in [0.5, 0.6) is 0 Å². The zero-order chi connectivity index (χ0) is 15.0. The molecule has 2 N–H and O–H groups in total. The number of halogens is 2. The summed E-state index contributed by atoms with van der Waals surface area (Å²) < 4.78 is 49.0. The van der Waals surface area contributed by atoms with Crippen LogP contribution in [0.15, 0.2) is 29.2 Å². The molecule has 4 nitrogen and oxygen atoms in total. The predicted octanol–water partition coefficient (Wildman–Crippen LogP) is 2.38. The first-order chi connectivity index (χ1) is 9.96. The van der Waals surface area contributed by atoms with Crippen molar-refractivity contribution in [1.29, 1.82) is 0 Å². The summed E-state index contributed by atoms with van der Waals surface area (Å²) in [5.41, 5.74) is 0.282. The Labute approximate surface area is 122 Å². The maximum absolute atomic E-state index is 12.8. The third-order valence-electron chi connectivity index (χ3n) is 4.26. The number of fused-ring (bicyclic) bond motifs is 2. The van der Waals surface area contributed by atoms with Gasteiger partial charge in [-0.15, -0.1) is 0 Å². The average molecular weight is 316 g/mol. The summed E-state index contributed by atoms with van der Waals surface area (Å²) in [6, 6.07) is 6.92. The van der Waals surface area contributed by atoms with Gasteiger partial charge in [0.1, 0.15) is 0 Å². The Balaban J connectivity index is 1.83. The van der Waals surface area contributed by atoms with Crippen molar-refractivity contribution in [3.8, 4) is 0 Å². The SMILES string of the molecule is O=S(=O)(c1ccccc1NC1CC2CCC(C1)N2)C(F)F. The number of anilines is 1. The van der Waals surface area contributed by atoms with Crippen molar-refractivity contribution < 1.29 is 17.2 Å². The Morgan fingerprint density at radius 2 is 1.76 bits per heavy atom. The minimum absolute atomic E-state index is 0.123. The maximum atomic E-state index is 12.8. The summed E-state index contributed by atoms with van der Waals surface area (Å²) in [7, 11) is -4.58. The van der Waals surface area contributed by atoms with Crippen molar-refractivity contribution in [2.24, 2.45) is 0 Å². The fraction of sp³-hybridized carbons (Fsp3) is 0.571. The fourth-order valence-electron chi connectivity index (χ4n) is 3.32. The smallest absolute Gasteiger partial charge is 0.341 e. The molecule has 7 heteroatoms. The summed E-state index contributed by atoms with van der Waals surface area (Å²) >= 11 is 0. The number of sulfone groups is 1. The lowest BCUT2D eigenvalue weighted by molar-refractivity contribution is 0.235. The molecule has 2 atom stereocenters. The van der Waals surface area contributed by atoms with Crippen molar-refractivity contribution >= 4 is 15.5 Å². The van der Waals surface area contributed by atoms with Gasteiger partial charge in [0.2, 0.25) is 9.84 Å². The zero-order valence-electron chi connectivity index (χ0n) is 11.4. The number of rotatable bonds is 4. The largest absolute Gasteiger partial charge is 0.381 e. The van der Waals surface area contributed by atoms with E-state index in [0.717, 1.165) is 25.7 Å². The van der Waals surface area contributed by atoms with Crippen LogP contribution >= 0.6 is 0 Å². The number of para-hydroxylation sites is 1. The molecule has 116 valence electrons. The predicted molar refractivity (Wildman–Crippen MR) is 76.2 cm³/mol. The van der Waals surface area contributed by atoms with E-state index in [9.17, 15) is 17.2 Å². The van der Waals surface area contributed by atoms with Gasteiger partial charge in [-0.25, -0.2) is 8.42 Å². The second-order valence-corrected chi connectivity index (χ2v) is 7.64. The van der Waals surface area contributed by atoms with Gasteiger partial charge in [0.15, 0.2) is 0 Å². The van der Waals surface area contributed by atoms with Gasteiger partial charge in [0, 0.05) is 18.1 Å². The van der Waals surface area contributed by atoms with Crippen LogP contribution < -0.4 is 10.6 Å². The van der Waals surface area contributed by atoms with Gasteiger partial charge in [0.25, 0.3) is 0 Å². The van der Waals surface area contributed by atoms with Gasteiger partial charge in [-0.3, -0.25) is 0 Å². The normalized spacial score (nSPS) is 28.8. The quantitative estimate of drug-likeness (QED) is 0.895. The molecule has 2 bridgehead atoms. The molecule has 3 rings (SSSR count). The molecule has 2 aliphatic rings. The average Bonchev–Trinajstić information content (AvgIpc) is 2.78. The first-order valence-electron chi connectivity index (χ1n) is 7.10. The molecule has 1 aromatic rings. The van der Waals surface area contributed by atoms with E-state index < -0.39 is 15.6 Å². The number of benzene rings is 1. The van der Waals surface area contributed by atoms with Crippen molar-refractivity contribution in [1.82, 2.24) is 5.32 Å². The first kappa shape index (κ1) is 14.7. The molecule has 0 amide bonds. The Kier molecular flexibility index (Phi) is 3.88. The number of hydrogen-bond acceptors (Lipinski definition) is 4. The lowest BCUT2D eigenvalue weighted by atomic mass is 9.99. The van der Waals surface area contributed by atoms with E-state index in [-0.39, 0.29) is 16.6 Å². The molecule has 2 aliphatic heterocycles. The van der Waals surface area contributed by atoms with Crippen LogP contribution in [0.3, 0.4) is 0 Å². The minimum Gasteiger partial charge on any atom is -0.381 e. The Bertz CT molecular complexity index is 609. The van der Waals surface area contributed by atoms with Gasteiger partial charge >= 0.3 is 5.76 Å². The summed E-state index contributed by atoms with van der Waals surface area (Å²) in [4.78, 5) is -0.314. The van der Waals surface area contributed by atoms with Crippen LogP contribution in [0.25, 0.3) is 0 Å². The molecule has 2 heterocycles. The number of piperidine rings is 1. The molecule has 2 unspecified atom stereocenters. The number of alkyl halides is 2. The monoisotopic (exact) mass is 316 g/mol. The minimum atomic E-state index is -4.58. The van der Waals surface area contributed by atoms with E-state index >= 15 is 0 Å². The van der Waals surface area contributed by atoms with E-state index in [1.165, 1.54) is 12.1 Å². The number of nitrogens with one attached hydrogen (secondary N) is 2. The molecule has 0 aromatic heterocycles. The van der Waals surface area contributed by atoms with Crippen molar-refractivity contribution in [3.05, 3.63) is 24.3 Å². The lowest BCUT2D eigenvalue weighted by Gasteiger charge is -2.31. The van der Waals surface area contributed by atoms with Crippen LogP contribution in [0, 0.1) is 0 Å². The standard InChI is InChI=1S/C14H18F2N2O2S/c15-14(16)21(19,20)13-4-2-1-3-12(13)18-11-7-9-5-6-10(8-11)17-9/h1-4,9-11,14,17-18H,5-8H2. The fourth-order valence-corrected chi connectivity index (χ4v) is 4.22. The molecular formula is C14H18F2N2O2S. The van der Waals surface area contributed by atoms with E-state index in [0.29, 0.717) is 12.1 Å². The first-order valence-corrected chi connectivity index (χ1v) is 8.65. The zero-order valence-corrected chi connectivity index (χ0v) is 12.2. The summed E-state index contributed by atoms with van der Waals surface area (Å²) in [6.45, 7) is 0. The molecule has 21 heavy (non-hydrogen) atoms. The second-order valence-electron chi connectivity index (χ2n) is 5.75. The topological polar surface area (TPSA) is 58.2 Å². The second kappa shape index (κ2) is 5.53. The summed E-state index contributed by atoms with van der Waals surface area (Å²) in [5.74, 6) is -3.40. The van der Waals surface area contributed by atoms with Gasteiger partial charge in [-0.2, -0.15) is 8.78 Å². The maximum Gasteiger partial charge on any atom is 0.341 e. The van der Waals surface area contributed by atoms with Gasteiger partial charge in [0.05, 0.1) is 10.6 Å². The number of hydrogen-bond donors (Lipinski definition) is 2. The van der Waals surface area contributed by atoms with Crippen LogP contribution in [-0.2, 0) is 9.84 Å². The summed E-state index contributed by atoms with van der Waals surface area (Å²) in [5, 5.41) is 6.65. The molecule has 0 saturated carbocycles. The Hall–Kier alpha value is -1.21. The van der Waals surface area contributed by atoms with Crippen LogP contribution in [0.2, 0.25) is 0 Å². The molecule has 2 fully saturated rings. The van der Waals surface area contributed by atoms with Gasteiger partial charge in [-0.1, -0.05) is 12.1 Å². The molecular weight excluding hydrogens is 298 g/mol. The lowest BCUT2D eigenvalue weighted by Crippen LogP contribution is -2.43. The molecule has 0 spiro atoms. The highest BCUT2D eigenvalue weighted by molar-refractivity contribution is 7.91. The Morgan fingerprint density at radius 3 is 2.38 bits per heavy atom. The molecule has 0 aliphatic carbocycles. The van der Waals surface area contributed by atoms with E-state index in [1.54, 1.807) is 12.1 Å². The third kappa shape index (κ3) is 2.89. The van der Waals surface area contributed by atoms with Crippen molar-refractivity contribution in [2.45, 2.75) is 54.5 Å². The molecule has 1 aromatic carbocycles. The highest BCUT2D eigenvalue weighted by atomic mass is 32.2. The van der Waals surface area contributed by atoms with E-state index in [4.69, 9.17) is 0 Å². The van der Waals surface area contributed by atoms with E-state index in [1.807, 2.05) is 0 Å². The summed E-state index contributed by atoms with van der Waals surface area (Å²) in [6.07, 6.45) is 4.03. The highest BCUT2D eigenvalue weighted by Gasteiger charge is 2.35. The van der Waals surface area contributed by atoms with Gasteiger partial charge < -0.3 is 10.6 Å². The van der Waals surface area contributed by atoms with Crippen molar-refractivity contribution in [2.75, 3.05) is 5.32 Å². The van der Waals surface area contributed by atoms with Crippen LogP contribution in [0.4, 0.5) is 14.5 Å². The highest BCUT2D eigenvalue weighted by Crippen LogP contribution is 2.31. The third-order valence-corrected chi connectivity index (χ3v) is 5.70. The van der Waals surface area contributed by atoms with E-state index in [2.05, 4.69) is 10.6 Å². The molecule has 2 saturated heterocycles. The van der Waals surface area contributed by atoms with Crippen molar-refractivity contribution in [3.63, 3.8) is 0 Å². The van der Waals surface area contributed by atoms with Crippen LogP contribution in [0.1, 0.15) is 25.7 Å². The Morgan fingerprint density at radius 1 is 1.14 bits per heavy atom. The van der Waals surface area contributed by atoms with Gasteiger partial charge in [-0.05, 0) is 37.8 Å². The van der Waals surface area contributed by atoms with Crippen LogP contribution in [-0.4, -0.2) is 32.3 Å². The molecule has 0 radical (unpaired) electrons.